The molecule has 1 atom stereocenters. The number of nitrogens with two attached hydrogens (primary N) is 1. The number of amides is 1. The van der Waals surface area contributed by atoms with Gasteiger partial charge in [0.15, 0.2) is 0 Å². The summed E-state index contributed by atoms with van der Waals surface area (Å²) in [5.41, 5.74) is 6.15. The first-order valence-corrected chi connectivity index (χ1v) is 6.85. The van der Waals surface area contributed by atoms with Gasteiger partial charge in [0.25, 0.3) is 0 Å². The molecule has 3 N–H and O–H groups in total. The summed E-state index contributed by atoms with van der Waals surface area (Å²) < 4.78 is 15.0. The van der Waals surface area contributed by atoms with E-state index < -0.39 is 5.82 Å². The molecule has 1 aromatic carbocycles. The number of hydrogen-bond donors (Lipinski definition) is 2. The maximum atomic E-state index is 13.4. The maximum absolute atomic E-state index is 13.4. The molecule has 0 bridgehead atoms. The number of nitrogens with zero attached hydrogens (tertiary/aromatic N) is 2. The Morgan fingerprint density at radius 1 is 1.50 bits per heavy atom. The summed E-state index contributed by atoms with van der Waals surface area (Å²) in [4.78, 5) is 11.8. The van der Waals surface area contributed by atoms with Crippen LogP contribution in [-0.2, 0) is 11.3 Å². The molecule has 1 unspecified atom stereocenters. The van der Waals surface area contributed by atoms with E-state index in [0.717, 1.165) is 0 Å². The van der Waals surface area contributed by atoms with Crippen LogP contribution in [0.15, 0.2) is 30.5 Å². The van der Waals surface area contributed by atoms with Gasteiger partial charge in [-0.3, -0.25) is 4.79 Å². The monoisotopic (exact) mass is 346 g/mol. The van der Waals surface area contributed by atoms with Gasteiger partial charge in [-0.15, -0.1) is 12.4 Å². The fourth-order valence-corrected chi connectivity index (χ4v) is 1.85. The number of anilines is 1. The Labute approximate surface area is 139 Å². The van der Waals surface area contributed by atoms with Gasteiger partial charge >= 0.3 is 0 Å². The number of carbonyl (C=O) groups is 1. The SMILES string of the molecule is CC(CN)C(=O)Nc1ccnn1Cc1ccc(Cl)c(F)c1.Cl. The van der Waals surface area contributed by atoms with E-state index in [4.69, 9.17) is 17.3 Å². The molecule has 5 nitrogen and oxygen atoms in total. The molecule has 0 radical (unpaired) electrons. The van der Waals surface area contributed by atoms with Crippen molar-refractivity contribution in [1.82, 2.24) is 9.78 Å². The first kappa shape index (κ1) is 18.4. The van der Waals surface area contributed by atoms with Crippen molar-refractivity contribution in [2.75, 3.05) is 11.9 Å². The van der Waals surface area contributed by atoms with Crippen LogP contribution in [0.2, 0.25) is 5.02 Å². The molecule has 1 amide bonds. The van der Waals surface area contributed by atoms with E-state index in [1.807, 2.05) is 0 Å². The zero-order valence-corrected chi connectivity index (χ0v) is 13.5. The largest absolute Gasteiger partial charge is 0.330 e. The third kappa shape index (κ3) is 4.43. The van der Waals surface area contributed by atoms with Crippen LogP contribution in [0, 0.1) is 11.7 Å². The topological polar surface area (TPSA) is 72.9 Å². The highest BCUT2D eigenvalue weighted by Crippen LogP contribution is 2.17. The fourth-order valence-electron chi connectivity index (χ4n) is 1.73. The van der Waals surface area contributed by atoms with E-state index in [0.29, 0.717) is 17.9 Å². The highest BCUT2D eigenvalue weighted by Gasteiger charge is 2.13. The smallest absolute Gasteiger partial charge is 0.229 e. The van der Waals surface area contributed by atoms with Gasteiger partial charge in [0.2, 0.25) is 5.91 Å². The summed E-state index contributed by atoms with van der Waals surface area (Å²) >= 11 is 5.65. The summed E-state index contributed by atoms with van der Waals surface area (Å²) in [5, 5.41) is 6.94. The summed E-state index contributed by atoms with van der Waals surface area (Å²) in [6.45, 7) is 2.33. The highest BCUT2D eigenvalue weighted by molar-refractivity contribution is 6.30. The number of aromatic nitrogens is 2. The zero-order valence-electron chi connectivity index (χ0n) is 11.9. The summed E-state index contributed by atoms with van der Waals surface area (Å²) in [7, 11) is 0. The molecule has 0 aliphatic rings. The molecule has 0 fully saturated rings. The molecular formula is C14H17Cl2FN4O. The third-order valence-electron chi connectivity index (χ3n) is 3.09. The van der Waals surface area contributed by atoms with Crippen LogP contribution < -0.4 is 11.1 Å². The van der Waals surface area contributed by atoms with Crippen LogP contribution in [0.5, 0.6) is 0 Å². The third-order valence-corrected chi connectivity index (χ3v) is 3.39. The van der Waals surface area contributed by atoms with Crippen molar-refractivity contribution in [2.24, 2.45) is 11.7 Å². The minimum atomic E-state index is -0.483. The number of halogens is 3. The molecule has 0 spiro atoms. The lowest BCUT2D eigenvalue weighted by atomic mass is 10.2. The van der Waals surface area contributed by atoms with Crippen molar-refractivity contribution in [2.45, 2.75) is 13.5 Å². The number of nitrogens with one attached hydrogen (secondary N) is 1. The Bertz CT molecular complexity index is 648. The number of hydrogen-bond acceptors (Lipinski definition) is 3. The zero-order chi connectivity index (χ0) is 15.4. The van der Waals surface area contributed by atoms with Crippen LogP contribution in [0.25, 0.3) is 0 Å². The Hall–Kier alpha value is -1.63. The Morgan fingerprint density at radius 3 is 2.86 bits per heavy atom. The Morgan fingerprint density at radius 2 is 2.23 bits per heavy atom. The average Bonchev–Trinajstić information content (AvgIpc) is 2.89. The van der Waals surface area contributed by atoms with Crippen LogP contribution in [0.1, 0.15) is 12.5 Å². The van der Waals surface area contributed by atoms with Crippen LogP contribution in [0.3, 0.4) is 0 Å². The van der Waals surface area contributed by atoms with E-state index in [-0.39, 0.29) is 35.8 Å². The second-order valence-electron chi connectivity index (χ2n) is 4.75. The van der Waals surface area contributed by atoms with Crippen molar-refractivity contribution in [3.63, 3.8) is 0 Å². The van der Waals surface area contributed by atoms with Crippen LogP contribution >= 0.6 is 24.0 Å². The lowest BCUT2D eigenvalue weighted by Gasteiger charge is -2.12. The van der Waals surface area contributed by atoms with Gasteiger partial charge in [-0.1, -0.05) is 24.6 Å². The molecule has 0 aliphatic carbocycles. The summed E-state index contributed by atoms with van der Waals surface area (Å²) in [6, 6.07) is 6.22. The van der Waals surface area contributed by atoms with Gasteiger partial charge in [-0.05, 0) is 17.7 Å². The first-order valence-electron chi connectivity index (χ1n) is 6.48. The molecule has 120 valence electrons. The van der Waals surface area contributed by atoms with E-state index in [1.54, 1.807) is 29.9 Å². The van der Waals surface area contributed by atoms with Gasteiger partial charge in [0, 0.05) is 18.5 Å². The number of benzene rings is 1. The van der Waals surface area contributed by atoms with E-state index >= 15 is 0 Å². The molecule has 1 heterocycles. The standard InChI is InChI=1S/C14H16ClFN4O.ClH/c1-9(7-17)14(21)19-13-4-5-18-20(13)8-10-2-3-11(15)12(16)6-10;/h2-6,9H,7-8,17H2,1H3,(H,19,21);1H. The lowest BCUT2D eigenvalue weighted by Crippen LogP contribution is -2.27. The maximum Gasteiger partial charge on any atom is 0.229 e. The van der Waals surface area contributed by atoms with Crippen LogP contribution in [-0.4, -0.2) is 22.2 Å². The minimum Gasteiger partial charge on any atom is -0.330 e. The first-order chi connectivity index (χ1) is 10.0. The Balaban J connectivity index is 0.00000242. The normalized spacial score (nSPS) is 11.6. The second kappa shape index (κ2) is 8.12. The predicted molar refractivity (Wildman–Crippen MR) is 86.8 cm³/mol. The molecule has 22 heavy (non-hydrogen) atoms. The van der Waals surface area contributed by atoms with E-state index in [9.17, 15) is 9.18 Å². The van der Waals surface area contributed by atoms with Crippen molar-refractivity contribution >= 4 is 35.7 Å². The molecule has 0 saturated carbocycles. The van der Waals surface area contributed by atoms with Crippen molar-refractivity contribution in [1.29, 1.82) is 0 Å². The molecule has 0 aliphatic heterocycles. The molecule has 0 saturated heterocycles. The van der Waals surface area contributed by atoms with Gasteiger partial charge in [0.1, 0.15) is 11.6 Å². The number of carbonyl (C=O) groups excluding carboxylic acids is 1. The molecule has 1 aromatic heterocycles. The van der Waals surface area contributed by atoms with Crippen molar-refractivity contribution in [3.8, 4) is 0 Å². The number of rotatable bonds is 5. The second-order valence-corrected chi connectivity index (χ2v) is 5.16. The quantitative estimate of drug-likeness (QED) is 0.873. The fraction of sp³-hybridized carbons (Fsp3) is 0.286. The van der Waals surface area contributed by atoms with Crippen molar-refractivity contribution in [3.05, 3.63) is 46.9 Å². The molecular weight excluding hydrogens is 330 g/mol. The molecule has 8 heteroatoms. The van der Waals surface area contributed by atoms with E-state index in [2.05, 4.69) is 10.4 Å². The van der Waals surface area contributed by atoms with Crippen LogP contribution in [0.4, 0.5) is 10.2 Å². The lowest BCUT2D eigenvalue weighted by molar-refractivity contribution is -0.119. The average molecular weight is 347 g/mol. The van der Waals surface area contributed by atoms with E-state index in [1.165, 1.54) is 12.1 Å². The minimum absolute atomic E-state index is 0. The van der Waals surface area contributed by atoms with Gasteiger partial charge in [-0.2, -0.15) is 5.10 Å². The highest BCUT2D eigenvalue weighted by atomic mass is 35.5. The van der Waals surface area contributed by atoms with Gasteiger partial charge < -0.3 is 11.1 Å². The summed E-state index contributed by atoms with van der Waals surface area (Å²) in [6.07, 6.45) is 1.56. The molecule has 2 rings (SSSR count). The van der Waals surface area contributed by atoms with Crippen molar-refractivity contribution < 1.29 is 9.18 Å². The summed E-state index contributed by atoms with van der Waals surface area (Å²) in [5.74, 6) is -0.415. The van der Waals surface area contributed by atoms with Gasteiger partial charge in [0.05, 0.1) is 17.8 Å². The molecule has 2 aromatic rings. The van der Waals surface area contributed by atoms with Gasteiger partial charge in [-0.25, -0.2) is 9.07 Å². The predicted octanol–water partition coefficient (Wildman–Crippen LogP) is 2.68. The Kier molecular flexibility index (Phi) is 6.80.